The Hall–Kier alpha value is -1.96. The molecule has 1 aliphatic rings. The van der Waals surface area contributed by atoms with Crippen LogP contribution in [0, 0.1) is 23.2 Å². The first-order chi connectivity index (χ1) is 12.0. The van der Waals surface area contributed by atoms with Crippen molar-refractivity contribution in [1.82, 2.24) is 0 Å². The van der Waals surface area contributed by atoms with Crippen LogP contribution in [0.2, 0.25) is 0 Å². The van der Waals surface area contributed by atoms with Gasteiger partial charge in [0.15, 0.2) is 0 Å². The fourth-order valence-corrected chi connectivity index (χ4v) is 3.51. The number of ether oxygens (including phenoxy) is 1. The monoisotopic (exact) mass is 351 g/mol. The largest absolute Gasteiger partial charge is 0.573 e. The molecule has 1 saturated carbocycles. The normalized spacial score (nSPS) is 21.2. The molecule has 0 saturated heterocycles. The van der Waals surface area contributed by atoms with Gasteiger partial charge in [-0.1, -0.05) is 43.9 Å². The van der Waals surface area contributed by atoms with Crippen LogP contribution in [-0.2, 0) is 6.42 Å². The molecule has 5 heteroatoms. The average Bonchev–Trinajstić information content (AvgIpc) is 2.58. The van der Waals surface area contributed by atoms with Gasteiger partial charge in [-0.3, -0.25) is 0 Å². The van der Waals surface area contributed by atoms with Crippen molar-refractivity contribution < 1.29 is 17.9 Å². The molecular formula is C20H24F3NO. The number of hydrogen-bond donors (Lipinski definition) is 0. The van der Waals surface area contributed by atoms with Crippen molar-refractivity contribution in [1.29, 1.82) is 5.26 Å². The van der Waals surface area contributed by atoms with E-state index < -0.39 is 6.36 Å². The zero-order valence-corrected chi connectivity index (χ0v) is 14.3. The number of hydrogen-bond acceptors (Lipinski definition) is 2. The Morgan fingerprint density at radius 2 is 1.64 bits per heavy atom. The Morgan fingerprint density at radius 3 is 2.20 bits per heavy atom. The van der Waals surface area contributed by atoms with Gasteiger partial charge in [-0.05, 0) is 55.2 Å². The summed E-state index contributed by atoms with van der Waals surface area (Å²) in [6, 6.07) is 8.22. The predicted molar refractivity (Wildman–Crippen MR) is 90.9 cm³/mol. The van der Waals surface area contributed by atoms with E-state index in [-0.39, 0.29) is 5.75 Å². The highest BCUT2D eigenvalue weighted by atomic mass is 19.4. The maximum Gasteiger partial charge on any atom is 0.573 e. The van der Waals surface area contributed by atoms with Gasteiger partial charge in [-0.25, -0.2) is 0 Å². The number of alkyl halides is 3. The van der Waals surface area contributed by atoms with E-state index in [2.05, 4.69) is 4.74 Å². The third-order valence-electron chi connectivity index (χ3n) is 4.90. The fraction of sp³-hybridized carbons (Fsp3) is 0.550. The molecule has 0 radical (unpaired) electrons. The summed E-state index contributed by atoms with van der Waals surface area (Å²) >= 11 is 0. The van der Waals surface area contributed by atoms with E-state index in [1.54, 1.807) is 18.2 Å². The summed E-state index contributed by atoms with van der Waals surface area (Å²) in [7, 11) is 0. The smallest absolute Gasteiger partial charge is 0.406 e. The van der Waals surface area contributed by atoms with Gasteiger partial charge < -0.3 is 4.74 Å². The van der Waals surface area contributed by atoms with Crippen molar-refractivity contribution in [3.63, 3.8) is 0 Å². The first-order valence-corrected chi connectivity index (χ1v) is 8.85. The summed E-state index contributed by atoms with van der Waals surface area (Å²) in [4.78, 5) is 0. The van der Waals surface area contributed by atoms with E-state index in [0.717, 1.165) is 37.2 Å². The molecule has 2 rings (SSSR count). The highest BCUT2D eigenvalue weighted by molar-refractivity contribution is 5.27. The topological polar surface area (TPSA) is 33.0 Å². The standard InChI is InChI=1S/C20H24F3NO/c21-20(22,23)25-19-13-11-18(12-14-19)10-9-17-7-5-16(6-8-17)4-2-1-3-15-24/h1,3,11-14,16-17H,2,4-10H2/b3-1+/t16-,17-. The summed E-state index contributed by atoms with van der Waals surface area (Å²) in [5.41, 5.74) is 1.05. The van der Waals surface area contributed by atoms with Crippen LogP contribution in [0.25, 0.3) is 0 Å². The minimum absolute atomic E-state index is 0.165. The molecule has 0 spiro atoms. The van der Waals surface area contributed by atoms with Crippen molar-refractivity contribution in [3.05, 3.63) is 42.0 Å². The average molecular weight is 351 g/mol. The molecule has 1 fully saturated rings. The van der Waals surface area contributed by atoms with Crippen molar-refractivity contribution >= 4 is 0 Å². The number of benzene rings is 1. The summed E-state index contributed by atoms with van der Waals surface area (Å²) < 4.78 is 40.3. The highest BCUT2D eigenvalue weighted by Gasteiger charge is 2.31. The van der Waals surface area contributed by atoms with E-state index >= 15 is 0 Å². The first kappa shape index (κ1) is 19.4. The number of halogens is 3. The van der Waals surface area contributed by atoms with E-state index in [4.69, 9.17) is 5.26 Å². The SMILES string of the molecule is N#C/C=C/CC[C@H]1CC[C@H](CCc2ccc(OC(F)(F)F)cc2)CC1. The quantitative estimate of drug-likeness (QED) is 0.549. The van der Waals surface area contributed by atoms with Gasteiger partial charge >= 0.3 is 6.36 Å². The Bertz CT molecular complexity index is 578. The number of rotatable bonds is 7. The van der Waals surface area contributed by atoms with Crippen LogP contribution in [0.3, 0.4) is 0 Å². The lowest BCUT2D eigenvalue weighted by atomic mass is 9.78. The molecule has 0 bridgehead atoms. The van der Waals surface area contributed by atoms with Crippen LogP contribution in [-0.4, -0.2) is 6.36 Å². The Morgan fingerprint density at radius 1 is 1.04 bits per heavy atom. The van der Waals surface area contributed by atoms with E-state index in [1.165, 1.54) is 37.8 Å². The molecular weight excluding hydrogens is 327 g/mol. The number of allylic oxidation sites excluding steroid dienone is 2. The van der Waals surface area contributed by atoms with Crippen LogP contribution in [0.4, 0.5) is 13.2 Å². The molecule has 0 aliphatic heterocycles. The zero-order valence-electron chi connectivity index (χ0n) is 14.3. The molecule has 1 aromatic carbocycles. The van der Waals surface area contributed by atoms with Gasteiger partial charge in [-0.2, -0.15) is 5.26 Å². The van der Waals surface area contributed by atoms with Crippen LogP contribution >= 0.6 is 0 Å². The maximum absolute atomic E-state index is 12.1. The van der Waals surface area contributed by atoms with Crippen LogP contribution in [0.1, 0.15) is 50.5 Å². The van der Waals surface area contributed by atoms with Crippen molar-refractivity contribution in [2.75, 3.05) is 0 Å². The Balaban J connectivity index is 1.67. The van der Waals surface area contributed by atoms with Gasteiger partial charge in [0.2, 0.25) is 0 Å². The molecule has 136 valence electrons. The second-order valence-corrected chi connectivity index (χ2v) is 6.73. The maximum atomic E-state index is 12.1. The highest BCUT2D eigenvalue weighted by Crippen LogP contribution is 2.34. The molecule has 1 aliphatic carbocycles. The molecule has 25 heavy (non-hydrogen) atoms. The Kier molecular flexibility index (Phi) is 7.36. The summed E-state index contributed by atoms with van der Waals surface area (Å²) in [6.07, 6.45) is 7.91. The molecule has 0 amide bonds. The van der Waals surface area contributed by atoms with Crippen molar-refractivity contribution in [3.8, 4) is 11.8 Å². The van der Waals surface area contributed by atoms with E-state index in [9.17, 15) is 13.2 Å². The van der Waals surface area contributed by atoms with Gasteiger partial charge in [-0.15, -0.1) is 13.2 Å². The lowest BCUT2D eigenvalue weighted by molar-refractivity contribution is -0.274. The van der Waals surface area contributed by atoms with E-state index in [0.29, 0.717) is 5.92 Å². The van der Waals surface area contributed by atoms with Gasteiger partial charge in [0.05, 0.1) is 6.07 Å². The Labute approximate surface area is 147 Å². The molecule has 1 aromatic rings. The van der Waals surface area contributed by atoms with Crippen LogP contribution in [0.15, 0.2) is 36.4 Å². The van der Waals surface area contributed by atoms with Gasteiger partial charge in [0.1, 0.15) is 5.75 Å². The summed E-state index contributed by atoms with van der Waals surface area (Å²) in [5.74, 6) is 1.30. The number of nitriles is 1. The first-order valence-electron chi connectivity index (χ1n) is 8.85. The van der Waals surface area contributed by atoms with Crippen LogP contribution < -0.4 is 4.74 Å². The zero-order chi connectivity index (χ0) is 18.1. The van der Waals surface area contributed by atoms with Crippen molar-refractivity contribution in [2.24, 2.45) is 11.8 Å². The second-order valence-electron chi connectivity index (χ2n) is 6.73. The summed E-state index contributed by atoms with van der Waals surface area (Å²) in [5, 5.41) is 8.46. The third kappa shape index (κ3) is 7.64. The number of aryl methyl sites for hydroxylation is 1. The second kappa shape index (κ2) is 9.50. The molecule has 2 nitrogen and oxygen atoms in total. The fourth-order valence-electron chi connectivity index (χ4n) is 3.51. The predicted octanol–water partition coefficient (Wildman–Crippen LogP) is 6.18. The third-order valence-corrected chi connectivity index (χ3v) is 4.90. The minimum atomic E-state index is -4.63. The van der Waals surface area contributed by atoms with E-state index in [1.807, 2.05) is 12.1 Å². The molecule has 0 heterocycles. The van der Waals surface area contributed by atoms with Gasteiger partial charge in [0.25, 0.3) is 0 Å². The van der Waals surface area contributed by atoms with Gasteiger partial charge in [0, 0.05) is 6.08 Å². The minimum Gasteiger partial charge on any atom is -0.406 e. The summed E-state index contributed by atoms with van der Waals surface area (Å²) in [6.45, 7) is 0. The molecule has 0 unspecified atom stereocenters. The van der Waals surface area contributed by atoms with Crippen LogP contribution in [0.5, 0.6) is 5.75 Å². The van der Waals surface area contributed by atoms with Crippen molar-refractivity contribution in [2.45, 2.75) is 57.7 Å². The molecule has 0 N–H and O–H groups in total. The lowest BCUT2D eigenvalue weighted by Gasteiger charge is -2.28. The molecule has 0 atom stereocenters. The lowest BCUT2D eigenvalue weighted by Crippen LogP contribution is -2.17. The number of nitrogens with zero attached hydrogens (tertiary/aromatic N) is 1. The molecule has 0 aromatic heterocycles.